The van der Waals surface area contributed by atoms with Crippen LogP contribution in [0.4, 0.5) is 0 Å². The van der Waals surface area contributed by atoms with Gasteiger partial charge in [0.25, 0.3) is 5.56 Å². The lowest BCUT2D eigenvalue weighted by atomic mass is 10.1. The molecular formula is C13H12N2O2. The van der Waals surface area contributed by atoms with Crippen molar-refractivity contribution in [1.82, 2.24) is 4.57 Å². The summed E-state index contributed by atoms with van der Waals surface area (Å²) in [6.07, 6.45) is 1.63. The second-order valence-electron chi connectivity index (χ2n) is 3.59. The summed E-state index contributed by atoms with van der Waals surface area (Å²) in [5, 5.41) is 10.0. The van der Waals surface area contributed by atoms with Crippen LogP contribution in [0.1, 0.15) is 6.92 Å². The highest BCUT2D eigenvalue weighted by molar-refractivity contribution is 5.82. The lowest BCUT2D eigenvalue weighted by Crippen LogP contribution is -2.18. The highest BCUT2D eigenvalue weighted by Gasteiger charge is 2.03. The molecule has 1 aromatic heterocycles. The summed E-state index contributed by atoms with van der Waals surface area (Å²) in [5.74, 6) is 0.748. The zero-order valence-corrected chi connectivity index (χ0v) is 9.51. The summed E-state index contributed by atoms with van der Waals surface area (Å²) in [4.78, 5) is 12.0. The lowest BCUT2D eigenvalue weighted by Gasteiger charge is -2.06. The van der Waals surface area contributed by atoms with Gasteiger partial charge in [-0.25, -0.2) is 0 Å². The Balaban J connectivity index is 2.57. The summed E-state index contributed by atoms with van der Waals surface area (Å²) in [6.45, 7) is 2.58. The molecule has 17 heavy (non-hydrogen) atoms. The maximum atomic E-state index is 12.0. The van der Waals surface area contributed by atoms with E-state index in [1.165, 1.54) is 4.57 Å². The Bertz CT molecular complexity index is 638. The summed E-state index contributed by atoms with van der Waals surface area (Å²) >= 11 is 0. The van der Waals surface area contributed by atoms with Crippen molar-refractivity contribution in [2.45, 2.75) is 13.5 Å². The first-order chi connectivity index (χ1) is 8.26. The summed E-state index contributed by atoms with van der Waals surface area (Å²) in [7, 11) is 0. The van der Waals surface area contributed by atoms with Gasteiger partial charge in [0.15, 0.2) is 0 Å². The van der Waals surface area contributed by atoms with Crippen LogP contribution >= 0.6 is 0 Å². The maximum Gasteiger partial charge on any atom is 0.259 e. The molecule has 86 valence electrons. The molecule has 0 fully saturated rings. The molecule has 4 nitrogen and oxygen atoms in total. The van der Waals surface area contributed by atoms with Crippen LogP contribution in [0, 0.1) is 11.3 Å². The van der Waals surface area contributed by atoms with Crippen molar-refractivity contribution in [2.75, 3.05) is 6.61 Å². The van der Waals surface area contributed by atoms with Crippen molar-refractivity contribution in [3.63, 3.8) is 0 Å². The van der Waals surface area contributed by atoms with E-state index in [9.17, 15) is 4.79 Å². The van der Waals surface area contributed by atoms with Crippen LogP contribution in [0.2, 0.25) is 0 Å². The maximum absolute atomic E-state index is 12.0. The fourth-order valence-corrected chi connectivity index (χ4v) is 1.72. The number of benzene rings is 1. The average molecular weight is 228 g/mol. The van der Waals surface area contributed by atoms with E-state index in [1.807, 2.05) is 25.1 Å². The zero-order valence-electron chi connectivity index (χ0n) is 9.51. The first-order valence-corrected chi connectivity index (χ1v) is 5.39. The van der Waals surface area contributed by atoms with E-state index in [0.717, 1.165) is 11.1 Å². The molecule has 2 aromatic rings. The number of nitriles is 1. The average Bonchev–Trinajstić information content (AvgIpc) is 2.33. The minimum Gasteiger partial charge on any atom is -0.494 e. The molecule has 0 aliphatic carbocycles. The third-order valence-electron chi connectivity index (χ3n) is 2.50. The molecule has 0 amide bonds. The molecule has 0 saturated carbocycles. The molecule has 0 spiro atoms. The topological polar surface area (TPSA) is 55.0 Å². The van der Waals surface area contributed by atoms with E-state index >= 15 is 0 Å². The Kier molecular flexibility index (Phi) is 3.10. The normalized spacial score (nSPS) is 10.1. The molecule has 0 bridgehead atoms. The quantitative estimate of drug-likeness (QED) is 0.806. The number of aromatic nitrogens is 1. The number of ether oxygens (including phenoxy) is 1. The van der Waals surface area contributed by atoms with Gasteiger partial charge in [-0.2, -0.15) is 5.26 Å². The largest absolute Gasteiger partial charge is 0.494 e. The van der Waals surface area contributed by atoms with Gasteiger partial charge < -0.3 is 9.30 Å². The Morgan fingerprint density at radius 2 is 2.24 bits per heavy atom. The zero-order chi connectivity index (χ0) is 12.3. The summed E-state index contributed by atoms with van der Waals surface area (Å²) < 4.78 is 6.76. The molecule has 0 saturated heterocycles. The molecule has 0 unspecified atom stereocenters. The van der Waals surface area contributed by atoms with Gasteiger partial charge in [-0.15, -0.1) is 0 Å². The van der Waals surface area contributed by atoms with Gasteiger partial charge in [-0.05, 0) is 36.6 Å². The van der Waals surface area contributed by atoms with Gasteiger partial charge in [0, 0.05) is 11.6 Å². The van der Waals surface area contributed by atoms with Crippen LogP contribution in [0.3, 0.4) is 0 Å². The molecule has 0 aliphatic heterocycles. The van der Waals surface area contributed by atoms with Crippen LogP contribution in [-0.4, -0.2) is 11.2 Å². The first-order valence-electron chi connectivity index (χ1n) is 5.39. The molecule has 4 heteroatoms. The smallest absolute Gasteiger partial charge is 0.259 e. The molecule has 2 rings (SSSR count). The molecular weight excluding hydrogens is 216 g/mol. The Morgan fingerprint density at radius 3 is 2.94 bits per heavy atom. The van der Waals surface area contributed by atoms with Crippen LogP contribution in [-0.2, 0) is 6.54 Å². The predicted molar refractivity (Wildman–Crippen MR) is 65.0 cm³/mol. The van der Waals surface area contributed by atoms with Gasteiger partial charge in [-0.1, -0.05) is 0 Å². The second kappa shape index (κ2) is 4.71. The molecule has 1 heterocycles. The number of hydrogen-bond acceptors (Lipinski definition) is 3. The number of fused-ring (bicyclic) bond motifs is 1. The van der Waals surface area contributed by atoms with Gasteiger partial charge in [-0.3, -0.25) is 4.79 Å². The van der Waals surface area contributed by atoms with Crippen molar-refractivity contribution >= 4 is 10.8 Å². The lowest BCUT2D eigenvalue weighted by molar-refractivity contribution is 0.340. The fourth-order valence-electron chi connectivity index (χ4n) is 1.72. The van der Waals surface area contributed by atoms with E-state index in [-0.39, 0.29) is 12.1 Å². The number of pyridine rings is 1. The SMILES string of the molecule is CCOc1ccc2c(=O)n(CC#N)ccc2c1. The highest BCUT2D eigenvalue weighted by atomic mass is 16.5. The van der Waals surface area contributed by atoms with E-state index in [0.29, 0.717) is 12.0 Å². The summed E-state index contributed by atoms with van der Waals surface area (Å²) in [5.41, 5.74) is -0.146. The van der Waals surface area contributed by atoms with Crippen LogP contribution in [0.25, 0.3) is 10.8 Å². The predicted octanol–water partition coefficient (Wildman–Crippen LogP) is 1.92. The van der Waals surface area contributed by atoms with Crippen LogP contribution in [0.5, 0.6) is 5.75 Å². The van der Waals surface area contributed by atoms with Crippen molar-refractivity contribution in [3.8, 4) is 11.8 Å². The number of hydrogen-bond donors (Lipinski definition) is 0. The molecule has 0 atom stereocenters. The molecule has 0 radical (unpaired) electrons. The molecule has 0 aliphatic rings. The van der Waals surface area contributed by atoms with Crippen LogP contribution < -0.4 is 10.3 Å². The first kappa shape index (κ1) is 11.2. The van der Waals surface area contributed by atoms with E-state index in [2.05, 4.69) is 0 Å². The van der Waals surface area contributed by atoms with Crippen molar-refractivity contribution in [1.29, 1.82) is 5.26 Å². The fraction of sp³-hybridized carbons (Fsp3) is 0.231. The summed E-state index contributed by atoms with van der Waals surface area (Å²) in [6, 6.07) is 9.11. The third-order valence-corrected chi connectivity index (χ3v) is 2.50. The highest BCUT2D eigenvalue weighted by Crippen LogP contribution is 2.18. The van der Waals surface area contributed by atoms with E-state index in [1.54, 1.807) is 18.3 Å². The molecule has 0 N–H and O–H groups in total. The third kappa shape index (κ3) is 2.13. The Labute approximate surface area is 98.7 Å². The van der Waals surface area contributed by atoms with Crippen LogP contribution in [0.15, 0.2) is 35.3 Å². The standard InChI is InChI=1S/C13H12N2O2/c1-2-17-11-3-4-12-10(9-11)5-7-15(8-6-14)13(12)16/h3-5,7,9H,2,8H2,1H3. The minimum atomic E-state index is -0.146. The number of nitrogens with zero attached hydrogens (tertiary/aromatic N) is 2. The van der Waals surface area contributed by atoms with Gasteiger partial charge in [0.05, 0.1) is 12.7 Å². The monoisotopic (exact) mass is 228 g/mol. The van der Waals surface area contributed by atoms with Gasteiger partial charge in [0.1, 0.15) is 12.3 Å². The Hall–Kier alpha value is -2.28. The van der Waals surface area contributed by atoms with Gasteiger partial charge in [0.2, 0.25) is 0 Å². The van der Waals surface area contributed by atoms with Crippen molar-refractivity contribution in [2.24, 2.45) is 0 Å². The Morgan fingerprint density at radius 1 is 1.41 bits per heavy atom. The van der Waals surface area contributed by atoms with E-state index in [4.69, 9.17) is 10.00 Å². The van der Waals surface area contributed by atoms with Crippen molar-refractivity contribution < 1.29 is 4.74 Å². The van der Waals surface area contributed by atoms with E-state index < -0.39 is 0 Å². The van der Waals surface area contributed by atoms with Crippen molar-refractivity contribution in [3.05, 3.63) is 40.8 Å². The minimum absolute atomic E-state index is 0.0714. The number of rotatable bonds is 3. The molecule has 1 aromatic carbocycles. The second-order valence-corrected chi connectivity index (χ2v) is 3.59. The van der Waals surface area contributed by atoms with Gasteiger partial charge >= 0.3 is 0 Å².